The van der Waals surface area contributed by atoms with Crippen LogP contribution < -0.4 is 15.2 Å². The lowest BCUT2D eigenvalue weighted by Gasteiger charge is -2.12. The maximum Gasteiger partial charge on any atom is 0.268 e. The molecule has 2 aromatic rings. The van der Waals surface area contributed by atoms with Crippen molar-refractivity contribution in [1.82, 2.24) is 5.16 Å². The number of nitrogens with one attached hydrogen (secondary N) is 1. The monoisotopic (exact) mass is 375 g/mol. The first-order valence-corrected chi connectivity index (χ1v) is 8.12. The number of ether oxygens (including phenoxy) is 1. The van der Waals surface area contributed by atoms with E-state index in [1.165, 1.54) is 19.2 Å². The van der Waals surface area contributed by atoms with E-state index in [9.17, 15) is 8.42 Å². The Kier molecular flexibility index (Phi) is 4.15. The minimum atomic E-state index is -3.91. The number of rotatable bonds is 4. The van der Waals surface area contributed by atoms with Gasteiger partial charge >= 0.3 is 0 Å². The summed E-state index contributed by atoms with van der Waals surface area (Å²) in [4.78, 5) is -0.0841. The van der Waals surface area contributed by atoms with Crippen molar-refractivity contribution in [3.05, 3.63) is 27.9 Å². The van der Waals surface area contributed by atoms with Crippen LogP contribution in [0.4, 0.5) is 11.6 Å². The minimum absolute atomic E-state index is 0.0658. The summed E-state index contributed by atoms with van der Waals surface area (Å²) < 4.78 is 37.8. The molecule has 0 saturated heterocycles. The van der Waals surface area contributed by atoms with Crippen molar-refractivity contribution in [3.8, 4) is 5.75 Å². The largest absolute Gasteiger partial charge is 0.495 e. The maximum absolute atomic E-state index is 12.5. The van der Waals surface area contributed by atoms with Crippen LogP contribution in [0.2, 0.25) is 0 Å². The second kappa shape index (κ2) is 5.57. The summed E-state index contributed by atoms with van der Waals surface area (Å²) in [7, 11) is -2.54. The Hall–Kier alpha value is -1.74. The average Bonchev–Trinajstić information content (AvgIpc) is 2.72. The minimum Gasteiger partial charge on any atom is -0.495 e. The van der Waals surface area contributed by atoms with E-state index in [0.29, 0.717) is 15.7 Å². The maximum atomic E-state index is 12.5. The van der Waals surface area contributed by atoms with Crippen LogP contribution in [0.3, 0.4) is 0 Å². The Morgan fingerprint density at radius 2 is 2.05 bits per heavy atom. The number of aromatic nitrogens is 1. The highest BCUT2D eigenvalue weighted by Gasteiger charge is 2.24. The number of hydrogen-bond donors (Lipinski definition) is 2. The summed E-state index contributed by atoms with van der Waals surface area (Å²) >= 11 is 3.22. The van der Waals surface area contributed by atoms with Crippen LogP contribution in [0.5, 0.6) is 5.75 Å². The number of benzene rings is 1. The van der Waals surface area contributed by atoms with Crippen molar-refractivity contribution in [2.24, 2.45) is 0 Å². The molecule has 0 spiro atoms. The molecule has 0 aliphatic carbocycles. The van der Waals surface area contributed by atoms with Gasteiger partial charge in [-0.3, -0.25) is 0 Å². The molecular weight excluding hydrogens is 362 g/mol. The fourth-order valence-corrected chi connectivity index (χ4v) is 3.16. The number of anilines is 2. The molecule has 21 heavy (non-hydrogen) atoms. The normalized spacial score (nSPS) is 11.4. The first-order valence-electron chi connectivity index (χ1n) is 5.85. The first kappa shape index (κ1) is 15.6. The molecule has 0 amide bonds. The zero-order valence-corrected chi connectivity index (χ0v) is 14.0. The third-order valence-corrected chi connectivity index (χ3v) is 5.00. The van der Waals surface area contributed by atoms with Gasteiger partial charge in [0, 0.05) is 15.7 Å². The van der Waals surface area contributed by atoms with Crippen LogP contribution >= 0.6 is 15.9 Å². The predicted molar refractivity (Wildman–Crippen MR) is 81.9 cm³/mol. The topological polar surface area (TPSA) is 107 Å². The number of halogens is 1. The number of methoxy groups -OCH3 is 1. The van der Waals surface area contributed by atoms with Crippen LogP contribution in [0, 0.1) is 13.8 Å². The van der Waals surface area contributed by atoms with Crippen molar-refractivity contribution in [2.45, 2.75) is 18.7 Å². The van der Waals surface area contributed by atoms with Gasteiger partial charge in [-0.15, -0.1) is 0 Å². The highest BCUT2D eigenvalue weighted by Crippen LogP contribution is 2.33. The molecule has 0 atom stereocenters. The number of nitrogens with zero attached hydrogens (tertiary/aromatic N) is 1. The number of sulfonamides is 1. The number of nitrogen functional groups attached to an aromatic ring is 1. The molecule has 0 unspecified atom stereocenters. The van der Waals surface area contributed by atoms with Crippen molar-refractivity contribution in [3.63, 3.8) is 0 Å². The Morgan fingerprint density at radius 1 is 1.38 bits per heavy atom. The van der Waals surface area contributed by atoms with Gasteiger partial charge < -0.3 is 15.0 Å². The van der Waals surface area contributed by atoms with E-state index in [1.807, 2.05) is 0 Å². The number of hydrogen-bond acceptors (Lipinski definition) is 6. The van der Waals surface area contributed by atoms with Crippen LogP contribution in [0.15, 0.2) is 26.0 Å². The van der Waals surface area contributed by atoms with Crippen LogP contribution in [-0.4, -0.2) is 20.7 Å². The van der Waals surface area contributed by atoms with Crippen LogP contribution in [-0.2, 0) is 10.0 Å². The zero-order chi connectivity index (χ0) is 15.8. The lowest BCUT2D eigenvalue weighted by atomic mass is 10.3. The summed E-state index contributed by atoms with van der Waals surface area (Å²) in [5.74, 6) is 0.230. The summed E-state index contributed by atoms with van der Waals surface area (Å²) in [5, 5.41) is 3.70. The van der Waals surface area contributed by atoms with Crippen LogP contribution in [0.25, 0.3) is 0 Å². The molecule has 2 rings (SSSR count). The molecule has 0 aliphatic heterocycles. The van der Waals surface area contributed by atoms with E-state index < -0.39 is 10.0 Å². The molecule has 1 aromatic heterocycles. The first-order chi connectivity index (χ1) is 9.76. The van der Waals surface area contributed by atoms with Gasteiger partial charge in [-0.25, -0.2) is 13.1 Å². The molecule has 3 N–H and O–H groups in total. The van der Waals surface area contributed by atoms with Gasteiger partial charge in [-0.2, -0.15) is 0 Å². The molecule has 0 radical (unpaired) electrons. The summed E-state index contributed by atoms with van der Waals surface area (Å²) in [6.45, 7) is 3.42. The smallest absolute Gasteiger partial charge is 0.268 e. The molecule has 114 valence electrons. The fraction of sp³-hybridized carbons (Fsp3) is 0.250. The molecule has 1 heterocycles. The second-order valence-electron chi connectivity index (χ2n) is 4.35. The third-order valence-electron chi connectivity index (χ3n) is 2.96. The zero-order valence-electron chi connectivity index (χ0n) is 11.6. The fourth-order valence-electron chi connectivity index (χ4n) is 1.61. The van der Waals surface area contributed by atoms with Gasteiger partial charge in [0.05, 0.1) is 12.8 Å². The lowest BCUT2D eigenvalue weighted by molar-refractivity contribution is 0.402. The van der Waals surface area contributed by atoms with Crippen molar-refractivity contribution in [1.29, 1.82) is 0 Å². The molecular formula is C12H14BrN3O4S. The van der Waals surface area contributed by atoms with E-state index in [2.05, 4.69) is 25.8 Å². The Labute approximate surface area is 130 Å². The molecule has 7 nitrogen and oxygen atoms in total. The van der Waals surface area contributed by atoms with Crippen LogP contribution in [0.1, 0.15) is 11.3 Å². The van der Waals surface area contributed by atoms with Gasteiger partial charge in [0.2, 0.25) is 5.88 Å². The number of nitrogens with two attached hydrogens (primary N) is 1. The Bertz CT molecular complexity index is 786. The summed E-state index contributed by atoms with van der Waals surface area (Å²) in [6.07, 6.45) is 0. The molecule has 9 heteroatoms. The van der Waals surface area contributed by atoms with Gasteiger partial charge in [-0.1, -0.05) is 5.16 Å². The highest BCUT2D eigenvalue weighted by atomic mass is 79.9. The summed E-state index contributed by atoms with van der Waals surface area (Å²) in [5.41, 5.74) is 7.24. The third kappa shape index (κ3) is 2.98. The van der Waals surface area contributed by atoms with Crippen molar-refractivity contribution < 1.29 is 17.7 Å². The standard InChI is InChI=1S/C12H14BrN3O4S/c1-6-7(2)15-20-12(6)16-21(17,18)11-5-9(14)8(13)4-10(11)19-3/h4-5,16H,14H2,1-3H3. The van der Waals surface area contributed by atoms with E-state index in [4.69, 9.17) is 15.0 Å². The SMILES string of the molecule is COc1cc(Br)c(N)cc1S(=O)(=O)Nc1onc(C)c1C. The number of aryl methyl sites for hydroxylation is 1. The Balaban J connectivity index is 2.49. The Morgan fingerprint density at radius 3 is 2.57 bits per heavy atom. The van der Waals surface area contributed by atoms with Crippen molar-refractivity contribution >= 4 is 37.5 Å². The van der Waals surface area contributed by atoms with Gasteiger partial charge in [0.1, 0.15) is 10.6 Å². The van der Waals surface area contributed by atoms with Gasteiger partial charge in [0.15, 0.2) is 0 Å². The van der Waals surface area contributed by atoms with Crippen molar-refractivity contribution in [2.75, 3.05) is 17.6 Å². The van der Waals surface area contributed by atoms with Gasteiger partial charge in [0.25, 0.3) is 10.0 Å². The molecule has 0 bridgehead atoms. The quantitative estimate of drug-likeness (QED) is 0.794. The van der Waals surface area contributed by atoms with Gasteiger partial charge in [-0.05, 0) is 41.9 Å². The van der Waals surface area contributed by atoms with E-state index in [-0.39, 0.29) is 22.2 Å². The van der Waals surface area contributed by atoms with E-state index >= 15 is 0 Å². The van der Waals surface area contributed by atoms with E-state index in [0.717, 1.165) is 0 Å². The molecule has 1 aromatic carbocycles. The molecule has 0 saturated carbocycles. The second-order valence-corrected chi connectivity index (χ2v) is 6.86. The lowest BCUT2D eigenvalue weighted by Crippen LogP contribution is -2.15. The molecule has 0 fully saturated rings. The molecule has 0 aliphatic rings. The average molecular weight is 376 g/mol. The highest BCUT2D eigenvalue weighted by molar-refractivity contribution is 9.10. The predicted octanol–water partition coefficient (Wildman–Crippen LogP) is 2.45. The summed E-state index contributed by atoms with van der Waals surface area (Å²) in [6, 6.07) is 2.80. The van der Waals surface area contributed by atoms with E-state index in [1.54, 1.807) is 13.8 Å².